The first-order chi connectivity index (χ1) is 8.78. The van der Waals surface area contributed by atoms with Crippen molar-refractivity contribution in [3.05, 3.63) is 35.6 Å². The molecule has 4 heteroatoms. The Morgan fingerprint density at radius 2 is 1.95 bits per heavy atom. The molecule has 0 spiro atoms. The van der Waals surface area contributed by atoms with Crippen molar-refractivity contribution in [2.75, 3.05) is 0 Å². The summed E-state index contributed by atoms with van der Waals surface area (Å²) in [6, 6.07) is 5.55. The molecule has 0 amide bonds. The molecule has 0 bridgehead atoms. The highest BCUT2D eigenvalue weighted by atomic mass is 19.1. The third-order valence-electron chi connectivity index (χ3n) is 2.95. The number of ketones is 1. The van der Waals surface area contributed by atoms with Gasteiger partial charge in [-0.05, 0) is 39.3 Å². The lowest BCUT2D eigenvalue weighted by atomic mass is 10.1. The summed E-state index contributed by atoms with van der Waals surface area (Å²) in [5.41, 5.74) is -0.234. The second kappa shape index (κ2) is 4.76. The Kier molecular flexibility index (Phi) is 3.43. The van der Waals surface area contributed by atoms with Crippen LogP contribution in [0.1, 0.15) is 37.6 Å². The van der Waals surface area contributed by atoms with Gasteiger partial charge in [-0.2, -0.15) is 0 Å². The van der Waals surface area contributed by atoms with E-state index >= 15 is 0 Å². The van der Waals surface area contributed by atoms with Crippen molar-refractivity contribution in [3.63, 3.8) is 0 Å². The van der Waals surface area contributed by atoms with Crippen LogP contribution in [-0.2, 0) is 9.53 Å². The maximum absolute atomic E-state index is 13.0. The molecular weight excluding hydrogens is 247 g/mol. The molecule has 3 nitrogen and oxygen atoms in total. The van der Waals surface area contributed by atoms with Crippen LogP contribution in [0.15, 0.2) is 24.3 Å². The Labute approximate surface area is 111 Å². The fraction of sp³-hybridized carbons (Fsp3) is 0.467. The second-order valence-electron chi connectivity index (χ2n) is 5.86. The monoisotopic (exact) mass is 264 g/mol. The Hall–Kier alpha value is -1.71. The normalized spacial score (nSPS) is 21.9. The van der Waals surface area contributed by atoms with Crippen LogP contribution in [0.3, 0.4) is 0 Å². The van der Waals surface area contributed by atoms with Crippen molar-refractivity contribution < 1.29 is 18.7 Å². The van der Waals surface area contributed by atoms with Crippen molar-refractivity contribution >= 4 is 11.8 Å². The Morgan fingerprint density at radius 1 is 1.26 bits per heavy atom. The third kappa shape index (κ3) is 3.40. The molecule has 0 aromatic heterocycles. The summed E-state index contributed by atoms with van der Waals surface area (Å²) in [4.78, 5) is 23.9. The van der Waals surface area contributed by atoms with Crippen LogP contribution in [-0.4, -0.2) is 17.4 Å². The quantitative estimate of drug-likeness (QED) is 0.622. The average Bonchev–Trinajstić information content (AvgIpc) is 3.05. The molecule has 0 N–H and O–H groups in total. The molecule has 1 aliphatic rings. The zero-order chi connectivity index (χ0) is 14.2. The van der Waals surface area contributed by atoms with E-state index in [2.05, 4.69) is 0 Å². The Morgan fingerprint density at radius 3 is 2.53 bits per heavy atom. The molecule has 2 atom stereocenters. The molecule has 0 radical (unpaired) electrons. The highest BCUT2D eigenvalue weighted by Crippen LogP contribution is 2.42. The minimum Gasteiger partial charge on any atom is -0.460 e. The van der Waals surface area contributed by atoms with E-state index < -0.39 is 11.4 Å². The van der Waals surface area contributed by atoms with Gasteiger partial charge < -0.3 is 4.74 Å². The van der Waals surface area contributed by atoms with E-state index in [0.717, 1.165) is 0 Å². The van der Waals surface area contributed by atoms with Gasteiger partial charge in [-0.15, -0.1) is 0 Å². The van der Waals surface area contributed by atoms with Gasteiger partial charge >= 0.3 is 5.97 Å². The minimum atomic E-state index is -0.549. The summed E-state index contributed by atoms with van der Waals surface area (Å²) < 4.78 is 18.3. The van der Waals surface area contributed by atoms with Gasteiger partial charge in [0.25, 0.3) is 0 Å². The van der Waals surface area contributed by atoms with Crippen LogP contribution in [0.5, 0.6) is 0 Å². The van der Waals surface area contributed by atoms with E-state index in [-0.39, 0.29) is 23.6 Å². The van der Waals surface area contributed by atoms with Gasteiger partial charge in [-0.3, -0.25) is 9.59 Å². The van der Waals surface area contributed by atoms with Gasteiger partial charge in [0.05, 0.1) is 5.92 Å². The number of ether oxygens (including phenoxy) is 1. The molecule has 19 heavy (non-hydrogen) atoms. The van der Waals surface area contributed by atoms with E-state index in [0.29, 0.717) is 12.0 Å². The van der Waals surface area contributed by atoms with E-state index in [1.165, 1.54) is 18.2 Å². The number of rotatable bonds is 3. The highest BCUT2D eigenvalue weighted by molar-refractivity contribution is 6.02. The van der Waals surface area contributed by atoms with E-state index in [1.807, 2.05) is 0 Å². The zero-order valence-corrected chi connectivity index (χ0v) is 11.3. The summed E-state index contributed by atoms with van der Waals surface area (Å²) in [6.07, 6.45) is 0.490. The molecule has 2 rings (SSSR count). The van der Waals surface area contributed by atoms with Crippen LogP contribution in [0.25, 0.3) is 0 Å². The SMILES string of the molecule is CC(C)(C)OC(=O)C1CC1C(=O)c1cccc(F)c1. The molecule has 1 aromatic carbocycles. The van der Waals surface area contributed by atoms with Crippen LogP contribution in [0.4, 0.5) is 4.39 Å². The van der Waals surface area contributed by atoms with Crippen molar-refractivity contribution in [2.24, 2.45) is 11.8 Å². The molecule has 102 valence electrons. The average molecular weight is 264 g/mol. The van der Waals surface area contributed by atoms with E-state index in [4.69, 9.17) is 4.74 Å². The lowest BCUT2D eigenvalue weighted by Gasteiger charge is -2.19. The molecule has 0 heterocycles. The van der Waals surface area contributed by atoms with Crippen molar-refractivity contribution in [3.8, 4) is 0 Å². The molecule has 1 saturated carbocycles. The summed E-state index contributed by atoms with van der Waals surface area (Å²) >= 11 is 0. The molecular formula is C15H17FO3. The van der Waals surface area contributed by atoms with Crippen LogP contribution >= 0.6 is 0 Å². The highest BCUT2D eigenvalue weighted by Gasteiger charge is 2.49. The van der Waals surface area contributed by atoms with Gasteiger partial charge in [0.1, 0.15) is 11.4 Å². The fourth-order valence-electron chi connectivity index (χ4n) is 1.98. The first-order valence-corrected chi connectivity index (χ1v) is 6.30. The maximum Gasteiger partial charge on any atom is 0.310 e. The van der Waals surface area contributed by atoms with Crippen LogP contribution in [0, 0.1) is 17.7 Å². The summed E-state index contributed by atoms with van der Waals surface area (Å²) in [5.74, 6) is -1.72. The molecule has 2 unspecified atom stereocenters. The van der Waals surface area contributed by atoms with Gasteiger partial charge in [-0.25, -0.2) is 4.39 Å². The number of carbonyl (C=O) groups is 2. The largest absolute Gasteiger partial charge is 0.460 e. The van der Waals surface area contributed by atoms with Gasteiger partial charge in [0, 0.05) is 11.5 Å². The lowest BCUT2D eigenvalue weighted by Crippen LogP contribution is -2.25. The molecule has 0 saturated heterocycles. The number of benzene rings is 1. The summed E-state index contributed by atoms with van der Waals surface area (Å²) in [6.45, 7) is 5.37. The first-order valence-electron chi connectivity index (χ1n) is 6.30. The number of Topliss-reactive ketones (excluding diaryl/α,β-unsaturated/α-hetero) is 1. The Bertz CT molecular complexity index is 516. The van der Waals surface area contributed by atoms with Gasteiger partial charge in [0.15, 0.2) is 5.78 Å². The predicted octanol–water partition coefficient (Wildman–Crippen LogP) is 2.99. The van der Waals surface area contributed by atoms with Crippen molar-refractivity contribution in [2.45, 2.75) is 32.8 Å². The molecule has 1 aliphatic carbocycles. The van der Waals surface area contributed by atoms with Crippen LogP contribution in [0.2, 0.25) is 0 Å². The van der Waals surface area contributed by atoms with Crippen molar-refractivity contribution in [1.29, 1.82) is 0 Å². The molecule has 0 aliphatic heterocycles. The van der Waals surface area contributed by atoms with Crippen molar-refractivity contribution in [1.82, 2.24) is 0 Å². The van der Waals surface area contributed by atoms with E-state index in [9.17, 15) is 14.0 Å². The minimum absolute atomic E-state index is 0.185. The lowest BCUT2D eigenvalue weighted by molar-refractivity contribution is -0.156. The molecule has 1 aromatic rings. The smallest absolute Gasteiger partial charge is 0.310 e. The number of hydrogen-bond acceptors (Lipinski definition) is 3. The summed E-state index contributed by atoms with van der Waals surface area (Å²) in [7, 11) is 0. The third-order valence-corrected chi connectivity index (χ3v) is 2.95. The fourth-order valence-corrected chi connectivity index (χ4v) is 1.98. The predicted molar refractivity (Wildman–Crippen MR) is 68.2 cm³/mol. The summed E-state index contributed by atoms with van der Waals surface area (Å²) in [5, 5.41) is 0. The topological polar surface area (TPSA) is 43.4 Å². The van der Waals surface area contributed by atoms with Crippen LogP contribution < -0.4 is 0 Å². The maximum atomic E-state index is 13.0. The Balaban J connectivity index is 1.99. The van der Waals surface area contributed by atoms with E-state index in [1.54, 1.807) is 26.8 Å². The number of carbonyl (C=O) groups excluding carboxylic acids is 2. The zero-order valence-electron chi connectivity index (χ0n) is 11.3. The van der Waals surface area contributed by atoms with Gasteiger partial charge in [0.2, 0.25) is 0 Å². The second-order valence-corrected chi connectivity index (χ2v) is 5.86. The van der Waals surface area contributed by atoms with Gasteiger partial charge in [-0.1, -0.05) is 12.1 Å². The number of halogens is 1. The molecule has 1 fully saturated rings. The number of esters is 1. The number of hydrogen-bond donors (Lipinski definition) is 0. The first kappa shape index (κ1) is 13.7. The standard InChI is InChI=1S/C15H17FO3/c1-15(2,3)19-14(18)12-8-11(12)13(17)9-5-4-6-10(16)7-9/h4-7,11-12H,8H2,1-3H3.